The molecule has 0 saturated heterocycles. The lowest BCUT2D eigenvalue weighted by molar-refractivity contribution is -0.121. The van der Waals surface area contributed by atoms with Gasteiger partial charge in [0.2, 0.25) is 5.91 Å². The van der Waals surface area contributed by atoms with Crippen LogP contribution in [0.2, 0.25) is 0 Å². The van der Waals surface area contributed by atoms with E-state index in [1.165, 1.54) is 0 Å². The monoisotopic (exact) mass is 288 g/mol. The Morgan fingerprint density at radius 3 is 2.94 bits per heavy atom. The van der Waals surface area contributed by atoms with E-state index in [-0.39, 0.29) is 5.91 Å². The maximum atomic E-state index is 11.3. The van der Waals surface area contributed by atoms with E-state index >= 15 is 0 Å². The highest BCUT2D eigenvalue weighted by atomic mass is 79.9. The van der Waals surface area contributed by atoms with E-state index in [1.54, 1.807) is 10.9 Å². The number of halogens is 1. The summed E-state index contributed by atoms with van der Waals surface area (Å²) in [6.45, 7) is 1.49. The Morgan fingerprint density at radius 2 is 2.25 bits per heavy atom. The van der Waals surface area contributed by atoms with Crippen molar-refractivity contribution in [1.82, 2.24) is 20.3 Å². The molecule has 6 heteroatoms. The standard InChI is InChI=1S/C10H17BrN4O/c11-5-2-1-4-10(16)12-6-3-8-15-9-7-13-14-15/h7,9H,1-6,8H2,(H,12,16). The predicted molar refractivity (Wildman–Crippen MR) is 65.3 cm³/mol. The number of nitrogens with one attached hydrogen (secondary N) is 1. The number of hydrogen-bond acceptors (Lipinski definition) is 3. The lowest BCUT2D eigenvalue weighted by Crippen LogP contribution is -2.25. The van der Waals surface area contributed by atoms with E-state index in [2.05, 4.69) is 31.6 Å². The Morgan fingerprint density at radius 1 is 1.38 bits per heavy atom. The van der Waals surface area contributed by atoms with E-state index < -0.39 is 0 Å². The van der Waals surface area contributed by atoms with E-state index in [0.29, 0.717) is 13.0 Å². The number of carbonyl (C=O) groups is 1. The molecule has 1 heterocycles. The van der Waals surface area contributed by atoms with Gasteiger partial charge in [0, 0.05) is 31.0 Å². The van der Waals surface area contributed by atoms with Crippen LogP contribution in [0.4, 0.5) is 0 Å². The van der Waals surface area contributed by atoms with Crippen molar-refractivity contribution in [3.8, 4) is 0 Å². The van der Waals surface area contributed by atoms with Gasteiger partial charge in [0.05, 0.1) is 6.20 Å². The molecule has 0 atom stereocenters. The third-order valence-electron chi connectivity index (χ3n) is 2.15. The number of aromatic nitrogens is 3. The number of aryl methyl sites for hydroxylation is 1. The molecule has 0 radical (unpaired) electrons. The molecule has 5 nitrogen and oxygen atoms in total. The molecule has 1 N–H and O–H groups in total. The maximum Gasteiger partial charge on any atom is 0.219 e. The van der Waals surface area contributed by atoms with Crippen molar-refractivity contribution in [3.63, 3.8) is 0 Å². The van der Waals surface area contributed by atoms with Crippen molar-refractivity contribution in [3.05, 3.63) is 12.4 Å². The van der Waals surface area contributed by atoms with Crippen LogP contribution in [0, 0.1) is 0 Å². The Labute approximate surface area is 104 Å². The fraction of sp³-hybridized carbons (Fsp3) is 0.700. The van der Waals surface area contributed by atoms with Crippen LogP contribution in [-0.4, -0.2) is 32.8 Å². The summed E-state index contributed by atoms with van der Waals surface area (Å²) in [5, 5.41) is 11.4. The second kappa shape index (κ2) is 8.27. The van der Waals surface area contributed by atoms with Crippen molar-refractivity contribution in [2.45, 2.75) is 32.2 Å². The van der Waals surface area contributed by atoms with Gasteiger partial charge in [0.25, 0.3) is 0 Å². The third-order valence-corrected chi connectivity index (χ3v) is 2.71. The molecule has 0 unspecified atom stereocenters. The molecule has 1 rings (SSSR count). The van der Waals surface area contributed by atoms with Crippen molar-refractivity contribution in [2.24, 2.45) is 0 Å². The average Bonchev–Trinajstić information content (AvgIpc) is 2.78. The Kier molecular flexibility index (Phi) is 6.80. The molecular formula is C10H17BrN4O. The van der Waals surface area contributed by atoms with E-state index in [0.717, 1.165) is 31.1 Å². The minimum Gasteiger partial charge on any atom is -0.356 e. The Balaban J connectivity index is 1.96. The van der Waals surface area contributed by atoms with Crippen LogP contribution in [0.1, 0.15) is 25.7 Å². The van der Waals surface area contributed by atoms with E-state index in [4.69, 9.17) is 0 Å². The molecule has 16 heavy (non-hydrogen) atoms. The highest BCUT2D eigenvalue weighted by Crippen LogP contribution is 1.98. The summed E-state index contributed by atoms with van der Waals surface area (Å²) < 4.78 is 1.76. The highest BCUT2D eigenvalue weighted by molar-refractivity contribution is 9.09. The van der Waals surface area contributed by atoms with Crippen molar-refractivity contribution in [2.75, 3.05) is 11.9 Å². The summed E-state index contributed by atoms with van der Waals surface area (Å²) in [6, 6.07) is 0. The number of carbonyl (C=O) groups excluding carboxylic acids is 1. The molecule has 0 saturated carbocycles. The second-order valence-electron chi connectivity index (χ2n) is 3.52. The molecule has 90 valence electrons. The minimum absolute atomic E-state index is 0.138. The normalized spacial score (nSPS) is 10.3. The summed E-state index contributed by atoms with van der Waals surface area (Å²) in [6.07, 6.45) is 6.96. The predicted octanol–water partition coefficient (Wildman–Crippen LogP) is 1.35. The number of hydrogen-bond donors (Lipinski definition) is 1. The maximum absolute atomic E-state index is 11.3. The second-order valence-corrected chi connectivity index (χ2v) is 4.31. The number of nitrogens with zero attached hydrogens (tertiary/aromatic N) is 3. The highest BCUT2D eigenvalue weighted by Gasteiger charge is 1.99. The van der Waals surface area contributed by atoms with Gasteiger partial charge in [-0.15, -0.1) is 5.10 Å². The van der Waals surface area contributed by atoms with Crippen molar-refractivity contribution in [1.29, 1.82) is 0 Å². The fourth-order valence-corrected chi connectivity index (χ4v) is 1.69. The van der Waals surface area contributed by atoms with Gasteiger partial charge in [-0.05, 0) is 19.3 Å². The molecule has 0 spiro atoms. The molecule has 0 aliphatic carbocycles. The largest absolute Gasteiger partial charge is 0.356 e. The first-order valence-corrected chi connectivity index (χ1v) is 6.62. The molecular weight excluding hydrogens is 272 g/mol. The minimum atomic E-state index is 0.138. The smallest absolute Gasteiger partial charge is 0.219 e. The topological polar surface area (TPSA) is 59.8 Å². The van der Waals surface area contributed by atoms with Gasteiger partial charge in [-0.3, -0.25) is 9.48 Å². The van der Waals surface area contributed by atoms with Gasteiger partial charge in [-0.25, -0.2) is 0 Å². The summed E-state index contributed by atoms with van der Waals surface area (Å²) in [5.74, 6) is 0.138. The van der Waals surface area contributed by atoms with Crippen LogP contribution in [-0.2, 0) is 11.3 Å². The third kappa shape index (κ3) is 5.85. The number of rotatable bonds is 8. The first kappa shape index (κ1) is 13.2. The van der Waals surface area contributed by atoms with Crippen LogP contribution in [0.15, 0.2) is 12.4 Å². The zero-order valence-electron chi connectivity index (χ0n) is 9.23. The first-order chi connectivity index (χ1) is 7.83. The number of unbranched alkanes of at least 4 members (excludes halogenated alkanes) is 1. The summed E-state index contributed by atoms with van der Waals surface area (Å²) in [4.78, 5) is 11.3. The number of amides is 1. The first-order valence-electron chi connectivity index (χ1n) is 5.49. The van der Waals surface area contributed by atoms with Crippen LogP contribution >= 0.6 is 15.9 Å². The van der Waals surface area contributed by atoms with E-state index in [9.17, 15) is 4.79 Å². The molecule has 0 bridgehead atoms. The zero-order valence-corrected chi connectivity index (χ0v) is 10.8. The van der Waals surface area contributed by atoms with Gasteiger partial charge in [0.1, 0.15) is 0 Å². The molecule has 1 amide bonds. The van der Waals surface area contributed by atoms with Crippen molar-refractivity contribution >= 4 is 21.8 Å². The average molecular weight is 289 g/mol. The molecule has 0 aliphatic heterocycles. The zero-order chi connectivity index (χ0) is 11.6. The van der Waals surface area contributed by atoms with Gasteiger partial charge in [0.15, 0.2) is 0 Å². The van der Waals surface area contributed by atoms with Crippen LogP contribution in [0.25, 0.3) is 0 Å². The number of alkyl halides is 1. The molecule has 0 aromatic carbocycles. The summed E-state index contributed by atoms with van der Waals surface area (Å²) in [7, 11) is 0. The van der Waals surface area contributed by atoms with E-state index in [1.807, 2.05) is 6.20 Å². The quantitative estimate of drug-likeness (QED) is 0.580. The fourth-order valence-electron chi connectivity index (χ4n) is 1.29. The van der Waals surface area contributed by atoms with Crippen LogP contribution < -0.4 is 5.32 Å². The molecule has 0 fully saturated rings. The molecule has 0 aliphatic rings. The lowest BCUT2D eigenvalue weighted by atomic mass is 10.2. The summed E-state index contributed by atoms with van der Waals surface area (Å²) in [5.41, 5.74) is 0. The Hall–Kier alpha value is -0.910. The summed E-state index contributed by atoms with van der Waals surface area (Å²) >= 11 is 3.34. The van der Waals surface area contributed by atoms with Gasteiger partial charge < -0.3 is 5.32 Å². The SMILES string of the molecule is O=C(CCCCBr)NCCCn1ccnn1. The van der Waals surface area contributed by atoms with Crippen molar-refractivity contribution < 1.29 is 4.79 Å². The van der Waals surface area contributed by atoms with Crippen LogP contribution in [0.3, 0.4) is 0 Å². The Bertz CT molecular complexity index is 289. The van der Waals surface area contributed by atoms with Gasteiger partial charge in [-0.2, -0.15) is 0 Å². The van der Waals surface area contributed by atoms with Gasteiger partial charge >= 0.3 is 0 Å². The molecule has 1 aromatic heterocycles. The van der Waals surface area contributed by atoms with Crippen LogP contribution in [0.5, 0.6) is 0 Å². The van der Waals surface area contributed by atoms with Gasteiger partial charge in [-0.1, -0.05) is 21.1 Å². The lowest BCUT2D eigenvalue weighted by Gasteiger charge is -2.04. The molecule has 1 aromatic rings.